The maximum atomic E-state index is 11.1. The second kappa shape index (κ2) is 5.62. The Kier molecular flexibility index (Phi) is 3.58. The molecule has 4 heterocycles. The van der Waals surface area contributed by atoms with Gasteiger partial charge in [-0.1, -0.05) is 6.08 Å². The Bertz CT molecular complexity index is 745. The van der Waals surface area contributed by atoms with Crippen molar-refractivity contribution in [3.63, 3.8) is 0 Å². The Labute approximate surface area is 136 Å². The number of hydrogen-bond acceptors (Lipinski definition) is 3. The third-order valence-electron chi connectivity index (χ3n) is 5.78. The van der Waals surface area contributed by atoms with E-state index in [0.29, 0.717) is 11.8 Å². The van der Waals surface area contributed by atoms with Crippen molar-refractivity contribution in [1.82, 2.24) is 4.98 Å². The highest BCUT2D eigenvalue weighted by atomic mass is 16.3. The number of phenolic OH excluding ortho intramolecular Hbond substituents is 1. The lowest BCUT2D eigenvalue weighted by Gasteiger charge is -2.47. The number of aliphatic hydroxyl groups is 1. The van der Waals surface area contributed by atoms with Crippen molar-refractivity contribution in [2.24, 2.45) is 11.8 Å². The third kappa shape index (κ3) is 2.42. The fraction of sp³-hybridized carbons (Fsp3) is 0.421. The summed E-state index contributed by atoms with van der Waals surface area (Å²) in [5.41, 5.74) is 1.69. The first-order chi connectivity index (χ1) is 11.2. The topological polar surface area (TPSA) is 57.8 Å². The minimum absolute atomic E-state index is 0.212. The van der Waals surface area contributed by atoms with E-state index < -0.39 is 6.10 Å². The molecule has 1 unspecified atom stereocenters. The molecular formula is C19H23N2O2+. The highest BCUT2D eigenvalue weighted by Crippen LogP contribution is 2.34. The van der Waals surface area contributed by atoms with Gasteiger partial charge in [0.2, 0.25) is 0 Å². The molecule has 3 aliphatic rings. The number of nitrogens with zero attached hydrogens (tertiary/aromatic N) is 1. The molecular weight excluding hydrogens is 288 g/mol. The van der Waals surface area contributed by atoms with Gasteiger partial charge in [0.05, 0.1) is 18.6 Å². The van der Waals surface area contributed by atoms with E-state index in [2.05, 4.69) is 17.6 Å². The van der Waals surface area contributed by atoms with Gasteiger partial charge in [0.15, 0.2) is 0 Å². The lowest BCUT2D eigenvalue weighted by molar-refractivity contribution is -0.949. The maximum Gasteiger partial charge on any atom is 0.131 e. The first kappa shape index (κ1) is 14.7. The van der Waals surface area contributed by atoms with Gasteiger partial charge < -0.3 is 15.1 Å². The quantitative estimate of drug-likeness (QED) is 0.752. The molecule has 5 rings (SSSR count). The summed E-state index contributed by atoms with van der Waals surface area (Å²) in [5, 5.41) is 21.7. The zero-order chi connectivity index (χ0) is 16.0. The molecule has 2 aromatic rings. The van der Waals surface area contributed by atoms with Gasteiger partial charge in [-0.25, -0.2) is 0 Å². The van der Waals surface area contributed by atoms with E-state index in [1.165, 1.54) is 11.3 Å². The SMILES string of the molecule is C=C[C@@H]1C[NH+]2CC[C@H]1C[C@@H]2[C@H](O)c1ccnc2ccc(O)cc12. The average molecular weight is 311 g/mol. The van der Waals surface area contributed by atoms with E-state index in [9.17, 15) is 10.2 Å². The number of fused-ring (bicyclic) bond motifs is 4. The van der Waals surface area contributed by atoms with Gasteiger partial charge in [0.25, 0.3) is 0 Å². The van der Waals surface area contributed by atoms with Gasteiger partial charge in [-0.3, -0.25) is 4.98 Å². The minimum atomic E-state index is -0.522. The van der Waals surface area contributed by atoms with Gasteiger partial charge in [-0.2, -0.15) is 0 Å². The van der Waals surface area contributed by atoms with Crippen LogP contribution in [0.1, 0.15) is 24.5 Å². The number of phenols is 1. The molecule has 3 saturated heterocycles. The van der Waals surface area contributed by atoms with Crippen LogP contribution in [0.2, 0.25) is 0 Å². The highest BCUT2D eigenvalue weighted by Gasteiger charge is 2.45. The zero-order valence-corrected chi connectivity index (χ0v) is 13.2. The molecule has 0 amide bonds. The number of aromatic nitrogens is 1. The number of piperidine rings is 3. The summed E-state index contributed by atoms with van der Waals surface area (Å²) in [6, 6.07) is 7.25. The van der Waals surface area contributed by atoms with E-state index in [-0.39, 0.29) is 11.8 Å². The van der Waals surface area contributed by atoms with Crippen molar-refractivity contribution in [3.8, 4) is 5.75 Å². The van der Waals surface area contributed by atoms with Crippen molar-refractivity contribution in [1.29, 1.82) is 0 Å². The average Bonchev–Trinajstić information content (AvgIpc) is 2.60. The molecule has 0 spiro atoms. The molecule has 3 fully saturated rings. The molecule has 4 heteroatoms. The van der Waals surface area contributed by atoms with Crippen molar-refractivity contribution >= 4 is 10.9 Å². The maximum absolute atomic E-state index is 11.1. The first-order valence-electron chi connectivity index (χ1n) is 8.40. The Balaban J connectivity index is 1.69. The van der Waals surface area contributed by atoms with Crippen LogP contribution in [0.5, 0.6) is 5.75 Å². The number of benzene rings is 1. The van der Waals surface area contributed by atoms with Crippen LogP contribution < -0.4 is 4.90 Å². The van der Waals surface area contributed by atoms with Crippen molar-refractivity contribution in [3.05, 3.63) is 48.7 Å². The monoisotopic (exact) mass is 311 g/mol. The van der Waals surface area contributed by atoms with Gasteiger partial charge >= 0.3 is 0 Å². The number of nitrogens with one attached hydrogen (secondary N) is 1. The summed E-state index contributed by atoms with van der Waals surface area (Å²) in [6.07, 6.45) is 5.58. The van der Waals surface area contributed by atoms with Crippen LogP contribution in [0.3, 0.4) is 0 Å². The smallest absolute Gasteiger partial charge is 0.131 e. The molecule has 0 aliphatic carbocycles. The van der Waals surface area contributed by atoms with E-state index in [0.717, 1.165) is 36.0 Å². The molecule has 0 radical (unpaired) electrons. The van der Waals surface area contributed by atoms with Gasteiger partial charge in [-0.15, -0.1) is 6.58 Å². The van der Waals surface area contributed by atoms with Crippen LogP contribution in [0.25, 0.3) is 10.9 Å². The van der Waals surface area contributed by atoms with E-state index >= 15 is 0 Å². The Hall–Kier alpha value is -1.91. The normalized spacial score (nSPS) is 31.2. The number of hydrogen-bond donors (Lipinski definition) is 3. The fourth-order valence-corrected chi connectivity index (χ4v) is 4.54. The van der Waals surface area contributed by atoms with Gasteiger partial charge in [0.1, 0.15) is 17.9 Å². The van der Waals surface area contributed by atoms with Crippen LogP contribution in [-0.4, -0.2) is 34.3 Å². The summed E-state index contributed by atoms with van der Waals surface area (Å²) in [4.78, 5) is 5.82. The van der Waals surface area contributed by atoms with Crippen molar-refractivity contribution in [2.75, 3.05) is 13.1 Å². The van der Waals surface area contributed by atoms with Crippen LogP contribution in [0.15, 0.2) is 43.1 Å². The fourth-order valence-electron chi connectivity index (χ4n) is 4.54. The van der Waals surface area contributed by atoms with E-state index in [1.54, 1.807) is 24.4 Å². The predicted octanol–water partition coefficient (Wildman–Crippen LogP) is 1.45. The first-order valence-corrected chi connectivity index (χ1v) is 8.40. The largest absolute Gasteiger partial charge is 0.508 e. The molecule has 3 aliphatic heterocycles. The molecule has 1 aromatic carbocycles. The molecule has 120 valence electrons. The number of rotatable bonds is 3. The number of quaternary nitrogens is 1. The van der Waals surface area contributed by atoms with Crippen LogP contribution in [0, 0.1) is 11.8 Å². The summed E-state index contributed by atoms with van der Waals surface area (Å²) < 4.78 is 0. The van der Waals surface area contributed by atoms with Crippen LogP contribution in [0.4, 0.5) is 0 Å². The number of aliphatic hydroxyl groups excluding tert-OH is 1. The number of pyridine rings is 1. The summed E-state index contributed by atoms with van der Waals surface area (Å²) in [7, 11) is 0. The molecule has 0 saturated carbocycles. The minimum Gasteiger partial charge on any atom is -0.508 e. The standard InChI is InChI=1S/C19H22N2O2/c1-2-12-11-21-8-6-13(12)9-18(21)19(23)15-5-7-20-17-4-3-14(22)10-16(15)17/h2-5,7,10,12-13,18-19,22-23H,1,6,8-9,11H2/p+1/t12-,13+,18-,19-/m1/s1. The lowest BCUT2D eigenvalue weighted by atomic mass is 9.73. The molecule has 5 atom stereocenters. The second-order valence-electron chi connectivity index (χ2n) is 6.95. The van der Waals surface area contributed by atoms with Gasteiger partial charge in [0, 0.05) is 30.3 Å². The highest BCUT2D eigenvalue weighted by molar-refractivity contribution is 5.83. The number of aromatic hydroxyl groups is 1. The summed E-state index contributed by atoms with van der Waals surface area (Å²) in [6.45, 7) is 6.17. The molecule has 1 aromatic heterocycles. The Morgan fingerprint density at radius 3 is 2.96 bits per heavy atom. The van der Waals surface area contributed by atoms with Crippen LogP contribution >= 0.6 is 0 Å². The predicted molar refractivity (Wildman–Crippen MR) is 89.3 cm³/mol. The van der Waals surface area contributed by atoms with Crippen molar-refractivity contribution < 1.29 is 15.1 Å². The molecule has 23 heavy (non-hydrogen) atoms. The third-order valence-corrected chi connectivity index (χ3v) is 5.78. The molecule has 4 nitrogen and oxygen atoms in total. The Morgan fingerprint density at radius 2 is 2.22 bits per heavy atom. The molecule has 2 bridgehead atoms. The lowest BCUT2D eigenvalue weighted by Crippen LogP contribution is -3.20. The van der Waals surface area contributed by atoms with Gasteiger partial charge in [-0.05, 0) is 35.7 Å². The summed E-state index contributed by atoms with van der Waals surface area (Å²) in [5.74, 6) is 1.44. The zero-order valence-electron chi connectivity index (χ0n) is 13.2. The second-order valence-corrected chi connectivity index (χ2v) is 6.95. The molecule has 3 N–H and O–H groups in total. The summed E-state index contributed by atoms with van der Waals surface area (Å²) >= 11 is 0. The Morgan fingerprint density at radius 1 is 1.35 bits per heavy atom. The van der Waals surface area contributed by atoms with E-state index in [1.807, 2.05) is 6.07 Å². The van der Waals surface area contributed by atoms with Crippen LogP contribution in [-0.2, 0) is 0 Å². The van der Waals surface area contributed by atoms with Crippen molar-refractivity contribution in [2.45, 2.75) is 25.0 Å². The van der Waals surface area contributed by atoms with E-state index in [4.69, 9.17) is 0 Å².